The minimum atomic E-state index is -0.493. The quantitative estimate of drug-likeness (QED) is 0.632. The molecule has 1 unspecified atom stereocenters. The van der Waals surface area contributed by atoms with E-state index in [0.29, 0.717) is 6.42 Å². The molecule has 0 fully saturated rings. The van der Waals surface area contributed by atoms with E-state index < -0.39 is 6.10 Å². The maximum absolute atomic E-state index is 12.5. The summed E-state index contributed by atoms with van der Waals surface area (Å²) in [5.41, 5.74) is 0.988. The van der Waals surface area contributed by atoms with Crippen molar-refractivity contribution in [1.29, 1.82) is 0 Å². The van der Waals surface area contributed by atoms with Crippen molar-refractivity contribution in [2.75, 3.05) is 6.79 Å². The standard InChI is InChI=1S/C17H15NO4/c19-17-16(20-10-18(17)13-4-2-1-3-5-13)9-12-6-7-14-15(8-12)22-11-21-14/h1-4,6-8,10,16H,5,9,11H2. The largest absolute Gasteiger partial charge is 0.484 e. The van der Waals surface area contributed by atoms with E-state index in [2.05, 4.69) is 0 Å². The Morgan fingerprint density at radius 3 is 3.00 bits per heavy atom. The Morgan fingerprint density at radius 1 is 1.23 bits per heavy atom. The second-order valence-corrected chi connectivity index (χ2v) is 5.31. The summed E-state index contributed by atoms with van der Waals surface area (Å²) in [5.74, 6) is 1.43. The van der Waals surface area contributed by atoms with Crippen LogP contribution < -0.4 is 9.47 Å². The molecule has 4 rings (SSSR count). The highest BCUT2D eigenvalue weighted by Crippen LogP contribution is 2.33. The second-order valence-electron chi connectivity index (χ2n) is 5.31. The van der Waals surface area contributed by atoms with E-state index in [1.807, 2.05) is 42.5 Å². The summed E-state index contributed by atoms with van der Waals surface area (Å²) in [7, 11) is 0. The minimum absolute atomic E-state index is 0.0346. The molecule has 0 aromatic heterocycles. The number of hydrogen-bond acceptors (Lipinski definition) is 4. The Hall–Kier alpha value is -2.69. The lowest BCUT2D eigenvalue weighted by Gasteiger charge is -2.14. The van der Waals surface area contributed by atoms with E-state index in [-0.39, 0.29) is 12.7 Å². The Morgan fingerprint density at radius 2 is 2.14 bits per heavy atom. The molecular weight excluding hydrogens is 282 g/mol. The molecule has 0 saturated carbocycles. The second kappa shape index (κ2) is 5.26. The van der Waals surface area contributed by atoms with Crippen molar-refractivity contribution < 1.29 is 23.6 Å². The van der Waals surface area contributed by atoms with Crippen molar-refractivity contribution >= 4 is 12.3 Å². The molecule has 3 aliphatic rings. The van der Waals surface area contributed by atoms with E-state index in [1.165, 1.54) is 6.40 Å². The molecule has 1 amide bonds. The number of allylic oxidation sites excluding steroid dienone is 2. The van der Waals surface area contributed by atoms with Crippen LogP contribution in [0.1, 0.15) is 12.0 Å². The molecule has 1 aromatic rings. The Labute approximate surface area is 128 Å². The number of hydrogen-bond donors (Lipinski definition) is 0. The van der Waals surface area contributed by atoms with Crippen LogP contribution in [0.15, 0.2) is 42.5 Å². The van der Waals surface area contributed by atoms with Gasteiger partial charge in [0.2, 0.25) is 6.79 Å². The number of nitrogens with zero attached hydrogens (tertiary/aromatic N) is 1. The predicted molar refractivity (Wildman–Crippen MR) is 78.6 cm³/mol. The first-order valence-electron chi connectivity index (χ1n) is 7.21. The first-order valence-corrected chi connectivity index (χ1v) is 7.21. The van der Waals surface area contributed by atoms with Gasteiger partial charge in [0.05, 0.1) is 0 Å². The maximum atomic E-state index is 12.5. The molecule has 0 N–H and O–H groups in total. The van der Waals surface area contributed by atoms with Crippen molar-refractivity contribution in [3.05, 3.63) is 54.1 Å². The van der Waals surface area contributed by atoms with E-state index in [0.717, 1.165) is 29.5 Å². The molecule has 0 bridgehead atoms. The van der Waals surface area contributed by atoms with Gasteiger partial charge in [-0.15, -0.1) is 12.2 Å². The Kier molecular flexibility index (Phi) is 3.11. The number of fused-ring (bicyclic) bond motifs is 1. The smallest absolute Gasteiger partial charge is 0.353 e. The van der Waals surface area contributed by atoms with Gasteiger partial charge in [0.15, 0.2) is 17.6 Å². The van der Waals surface area contributed by atoms with Crippen LogP contribution in [0.4, 0.5) is 0 Å². The topological polar surface area (TPSA) is 47.8 Å². The summed E-state index contributed by atoms with van der Waals surface area (Å²) in [6, 6.07) is 6.63. The summed E-state index contributed by atoms with van der Waals surface area (Å²) in [6.07, 6.45) is 10.1. The molecule has 5 nitrogen and oxygen atoms in total. The highest BCUT2D eigenvalue weighted by atomic mass is 16.7. The van der Waals surface area contributed by atoms with Crippen LogP contribution in [-0.2, 0) is 16.0 Å². The number of amides is 1. The monoisotopic (exact) mass is 297 g/mol. The fourth-order valence-electron chi connectivity index (χ4n) is 2.71. The molecule has 5 heteroatoms. The van der Waals surface area contributed by atoms with Gasteiger partial charge >= 0.3 is 5.91 Å². The number of rotatable bonds is 3. The first kappa shape index (κ1) is 13.0. The molecule has 0 radical (unpaired) electrons. The van der Waals surface area contributed by atoms with E-state index in [9.17, 15) is 4.79 Å². The Balaban J connectivity index is 1.46. The third kappa shape index (κ3) is 2.24. The third-order valence-electron chi connectivity index (χ3n) is 3.87. The van der Waals surface area contributed by atoms with Crippen molar-refractivity contribution in [2.24, 2.45) is 0 Å². The zero-order valence-corrected chi connectivity index (χ0v) is 11.9. The van der Waals surface area contributed by atoms with Crippen LogP contribution >= 0.6 is 0 Å². The van der Waals surface area contributed by atoms with Gasteiger partial charge in [-0.1, -0.05) is 18.2 Å². The van der Waals surface area contributed by atoms with Crippen LogP contribution in [0.25, 0.3) is 0 Å². The fraction of sp³-hybridized carbons (Fsp3) is 0.235. The van der Waals surface area contributed by atoms with Gasteiger partial charge in [-0.3, -0.25) is 4.79 Å². The Bertz CT molecular complexity index is 705. The predicted octanol–water partition coefficient (Wildman–Crippen LogP) is 1.97. The third-order valence-corrected chi connectivity index (χ3v) is 3.87. The van der Waals surface area contributed by atoms with E-state index in [4.69, 9.17) is 14.2 Å². The summed E-state index contributed by atoms with van der Waals surface area (Å²) < 4.78 is 17.8. The van der Waals surface area contributed by atoms with Crippen LogP contribution in [0.2, 0.25) is 0 Å². The number of carbonyl (C=O) groups is 1. The van der Waals surface area contributed by atoms with Crippen LogP contribution in [0.3, 0.4) is 0 Å². The summed E-state index contributed by atoms with van der Waals surface area (Å²) in [4.78, 5) is 12.5. The van der Waals surface area contributed by atoms with Crippen molar-refractivity contribution in [2.45, 2.75) is 18.9 Å². The van der Waals surface area contributed by atoms with Crippen LogP contribution in [0, 0.1) is 6.04 Å². The van der Waals surface area contributed by atoms with Gasteiger partial charge in [0, 0.05) is 12.8 Å². The lowest BCUT2D eigenvalue weighted by atomic mass is 10.0. The zero-order chi connectivity index (χ0) is 14.9. The lowest BCUT2D eigenvalue weighted by Crippen LogP contribution is -2.29. The van der Waals surface area contributed by atoms with Gasteiger partial charge in [-0.2, -0.15) is 0 Å². The maximum Gasteiger partial charge on any atom is 0.353 e. The average Bonchev–Trinajstić information content (AvgIpc) is 3.15. The highest BCUT2D eigenvalue weighted by Gasteiger charge is 2.34. The normalized spacial score (nSPS) is 22.0. The molecule has 112 valence electrons. The molecule has 0 saturated heterocycles. The van der Waals surface area contributed by atoms with Crippen LogP contribution in [0.5, 0.6) is 11.5 Å². The van der Waals surface area contributed by atoms with Gasteiger partial charge < -0.3 is 14.2 Å². The molecule has 1 aromatic carbocycles. The van der Waals surface area contributed by atoms with E-state index >= 15 is 0 Å². The summed E-state index contributed by atoms with van der Waals surface area (Å²) in [6.45, 7) is 0.247. The molecule has 1 aliphatic carbocycles. The molecule has 22 heavy (non-hydrogen) atoms. The SMILES string of the molecule is O=C1C(Cc2ccc3c(c2)OCO3)OC=[N+]1[C-]1C=CC=CC1. The summed E-state index contributed by atoms with van der Waals surface area (Å²) >= 11 is 0. The molecule has 2 aliphatic heterocycles. The van der Waals surface area contributed by atoms with Gasteiger partial charge in [0.1, 0.15) is 6.04 Å². The molecular formula is C17H15NO4. The number of carbonyl (C=O) groups excluding carboxylic acids is 1. The first-order chi connectivity index (χ1) is 10.8. The number of benzene rings is 1. The average molecular weight is 297 g/mol. The van der Waals surface area contributed by atoms with Gasteiger partial charge in [-0.05, 0) is 17.7 Å². The van der Waals surface area contributed by atoms with Crippen LogP contribution in [-0.4, -0.2) is 29.8 Å². The lowest BCUT2D eigenvalue weighted by molar-refractivity contribution is -0.421. The number of ether oxygens (including phenoxy) is 3. The molecule has 2 heterocycles. The van der Waals surface area contributed by atoms with Crippen molar-refractivity contribution in [3.63, 3.8) is 0 Å². The zero-order valence-electron chi connectivity index (χ0n) is 11.9. The highest BCUT2D eigenvalue weighted by molar-refractivity contribution is 5.81. The fourth-order valence-corrected chi connectivity index (χ4v) is 2.71. The van der Waals surface area contributed by atoms with Crippen molar-refractivity contribution in [3.8, 4) is 11.5 Å². The van der Waals surface area contributed by atoms with Gasteiger partial charge in [0.25, 0.3) is 6.40 Å². The van der Waals surface area contributed by atoms with E-state index in [1.54, 1.807) is 4.58 Å². The summed E-state index contributed by atoms with van der Waals surface area (Å²) in [5, 5.41) is 0. The van der Waals surface area contributed by atoms with Gasteiger partial charge in [-0.25, -0.2) is 4.58 Å². The molecule has 1 atom stereocenters. The van der Waals surface area contributed by atoms with Crippen molar-refractivity contribution in [1.82, 2.24) is 0 Å². The molecule has 0 spiro atoms. The minimum Gasteiger partial charge on any atom is -0.484 e.